The zero-order valence-corrected chi connectivity index (χ0v) is 8.12. The molecule has 1 unspecified atom stereocenters. The SMILES string of the molecule is CCC(=O)C(CC(C)=O)C(=O)OC. The Hall–Kier alpha value is -1.19. The van der Waals surface area contributed by atoms with Gasteiger partial charge in [-0.15, -0.1) is 0 Å². The minimum atomic E-state index is -0.910. The van der Waals surface area contributed by atoms with Crippen LogP contribution in [0.15, 0.2) is 0 Å². The number of carbonyl (C=O) groups excluding carboxylic acids is 3. The third kappa shape index (κ3) is 3.83. The van der Waals surface area contributed by atoms with E-state index >= 15 is 0 Å². The van der Waals surface area contributed by atoms with Crippen molar-refractivity contribution in [1.29, 1.82) is 0 Å². The Morgan fingerprint density at radius 1 is 1.31 bits per heavy atom. The van der Waals surface area contributed by atoms with Crippen LogP contribution in [0.5, 0.6) is 0 Å². The van der Waals surface area contributed by atoms with Crippen LogP contribution in [-0.2, 0) is 19.1 Å². The van der Waals surface area contributed by atoms with Crippen LogP contribution in [0.25, 0.3) is 0 Å². The Bertz CT molecular complexity index is 204. The fraction of sp³-hybridized carbons (Fsp3) is 0.667. The highest BCUT2D eigenvalue weighted by atomic mass is 16.5. The van der Waals surface area contributed by atoms with Crippen LogP contribution >= 0.6 is 0 Å². The molecule has 1 atom stereocenters. The lowest BCUT2D eigenvalue weighted by Crippen LogP contribution is -2.26. The van der Waals surface area contributed by atoms with Gasteiger partial charge < -0.3 is 4.74 Å². The first kappa shape index (κ1) is 11.8. The second kappa shape index (κ2) is 5.45. The largest absolute Gasteiger partial charge is 0.468 e. The molecule has 0 rings (SSSR count). The number of rotatable bonds is 5. The van der Waals surface area contributed by atoms with E-state index in [0.29, 0.717) is 0 Å². The van der Waals surface area contributed by atoms with E-state index in [2.05, 4.69) is 4.74 Å². The Morgan fingerprint density at radius 2 is 1.85 bits per heavy atom. The van der Waals surface area contributed by atoms with Crippen LogP contribution < -0.4 is 0 Å². The summed E-state index contributed by atoms with van der Waals surface area (Å²) in [6.07, 6.45) is 0.187. The molecular formula is C9H14O4. The van der Waals surface area contributed by atoms with Gasteiger partial charge in [0.1, 0.15) is 17.5 Å². The van der Waals surface area contributed by atoms with E-state index in [1.54, 1.807) is 6.92 Å². The molecule has 0 spiro atoms. The predicted octanol–water partition coefficient (Wildman–Crippen LogP) is 0.734. The smallest absolute Gasteiger partial charge is 0.316 e. The summed E-state index contributed by atoms with van der Waals surface area (Å²) in [7, 11) is 1.21. The van der Waals surface area contributed by atoms with Crippen LogP contribution in [0.4, 0.5) is 0 Å². The predicted molar refractivity (Wildman–Crippen MR) is 46.1 cm³/mol. The summed E-state index contributed by atoms with van der Waals surface area (Å²) in [6, 6.07) is 0. The van der Waals surface area contributed by atoms with Crippen molar-refractivity contribution in [2.45, 2.75) is 26.7 Å². The maximum absolute atomic E-state index is 11.2. The first-order valence-corrected chi connectivity index (χ1v) is 4.12. The number of ether oxygens (including phenoxy) is 1. The van der Waals surface area contributed by atoms with E-state index in [4.69, 9.17) is 0 Å². The van der Waals surface area contributed by atoms with Gasteiger partial charge in [-0.1, -0.05) is 6.92 Å². The monoisotopic (exact) mass is 186 g/mol. The lowest BCUT2D eigenvalue weighted by molar-refractivity contribution is -0.151. The van der Waals surface area contributed by atoms with Gasteiger partial charge in [0.15, 0.2) is 0 Å². The van der Waals surface area contributed by atoms with E-state index in [0.717, 1.165) is 0 Å². The maximum atomic E-state index is 11.2. The second-order valence-electron chi connectivity index (χ2n) is 2.80. The van der Waals surface area contributed by atoms with Gasteiger partial charge >= 0.3 is 5.97 Å². The molecule has 13 heavy (non-hydrogen) atoms. The van der Waals surface area contributed by atoms with Crippen molar-refractivity contribution in [3.05, 3.63) is 0 Å². The molecule has 0 aromatic heterocycles. The zero-order chi connectivity index (χ0) is 10.4. The van der Waals surface area contributed by atoms with Gasteiger partial charge in [-0.05, 0) is 6.92 Å². The molecule has 0 saturated carbocycles. The number of hydrogen-bond acceptors (Lipinski definition) is 4. The standard InChI is InChI=1S/C9H14O4/c1-4-8(11)7(5-6(2)10)9(12)13-3/h7H,4-5H2,1-3H3. The van der Waals surface area contributed by atoms with Crippen LogP contribution in [0.3, 0.4) is 0 Å². The highest BCUT2D eigenvalue weighted by Crippen LogP contribution is 2.09. The van der Waals surface area contributed by atoms with Gasteiger partial charge in [-0.3, -0.25) is 14.4 Å². The molecule has 4 nitrogen and oxygen atoms in total. The summed E-state index contributed by atoms with van der Waals surface area (Å²) in [5.74, 6) is -1.96. The first-order chi connectivity index (χ1) is 6.02. The Labute approximate surface area is 77.3 Å². The second-order valence-corrected chi connectivity index (χ2v) is 2.80. The molecule has 0 fully saturated rings. The molecule has 0 heterocycles. The summed E-state index contributed by atoms with van der Waals surface area (Å²) in [5, 5.41) is 0. The average molecular weight is 186 g/mol. The van der Waals surface area contributed by atoms with Gasteiger partial charge in [0.2, 0.25) is 0 Å². The lowest BCUT2D eigenvalue weighted by Gasteiger charge is -2.09. The third-order valence-electron chi connectivity index (χ3n) is 1.71. The fourth-order valence-electron chi connectivity index (χ4n) is 1.00. The topological polar surface area (TPSA) is 60.4 Å². The molecule has 74 valence electrons. The van der Waals surface area contributed by atoms with E-state index in [1.807, 2.05) is 0 Å². The molecule has 0 aromatic carbocycles. The molecular weight excluding hydrogens is 172 g/mol. The number of Topliss-reactive ketones (excluding diaryl/α,β-unsaturated/α-hetero) is 2. The average Bonchev–Trinajstić information content (AvgIpc) is 2.11. The molecule has 0 bridgehead atoms. The van der Waals surface area contributed by atoms with Crippen molar-refractivity contribution in [3.63, 3.8) is 0 Å². The number of ketones is 2. The fourth-order valence-corrected chi connectivity index (χ4v) is 1.00. The first-order valence-electron chi connectivity index (χ1n) is 4.12. The molecule has 0 amide bonds. The van der Waals surface area contributed by atoms with Gasteiger partial charge in [0.05, 0.1) is 7.11 Å². The van der Waals surface area contributed by atoms with Gasteiger partial charge in [0.25, 0.3) is 0 Å². The highest BCUT2D eigenvalue weighted by molar-refractivity contribution is 6.01. The lowest BCUT2D eigenvalue weighted by atomic mass is 9.97. The van der Waals surface area contributed by atoms with E-state index in [9.17, 15) is 14.4 Å². The van der Waals surface area contributed by atoms with E-state index in [1.165, 1.54) is 14.0 Å². The quantitative estimate of drug-likeness (QED) is 0.469. The molecule has 0 aliphatic carbocycles. The summed E-state index contributed by atoms with van der Waals surface area (Å²) in [6.45, 7) is 3.00. The van der Waals surface area contributed by atoms with Crippen molar-refractivity contribution < 1.29 is 19.1 Å². The zero-order valence-electron chi connectivity index (χ0n) is 8.12. The summed E-state index contributed by atoms with van der Waals surface area (Å²) in [4.78, 5) is 33.0. The Kier molecular flexibility index (Phi) is 4.96. The maximum Gasteiger partial charge on any atom is 0.316 e. The Morgan fingerprint density at radius 3 is 2.15 bits per heavy atom. The molecule has 0 aliphatic heterocycles. The van der Waals surface area contributed by atoms with Crippen molar-refractivity contribution in [2.24, 2.45) is 5.92 Å². The molecule has 0 aromatic rings. The summed E-state index contributed by atoms with van der Waals surface area (Å²) >= 11 is 0. The number of hydrogen-bond donors (Lipinski definition) is 0. The minimum Gasteiger partial charge on any atom is -0.468 e. The van der Waals surface area contributed by atoms with Crippen molar-refractivity contribution in [2.75, 3.05) is 7.11 Å². The van der Waals surface area contributed by atoms with Crippen LogP contribution in [-0.4, -0.2) is 24.6 Å². The van der Waals surface area contributed by atoms with Crippen LogP contribution in [0, 0.1) is 5.92 Å². The third-order valence-corrected chi connectivity index (χ3v) is 1.71. The van der Waals surface area contributed by atoms with Gasteiger partial charge in [0, 0.05) is 12.8 Å². The minimum absolute atomic E-state index is 0.0562. The Balaban J connectivity index is 4.45. The van der Waals surface area contributed by atoms with Crippen LogP contribution in [0.1, 0.15) is 26.7 Å². The van der Waals surface area contributed by atoms with Crippen molar-refractivity contribution in [3.8, 4) is 0 Å². The van der Waals surface area contributed by atoms with Crippen LogP contribution in [0.2, 0.25) is 0 Å². The summed E-state index contributed by atoms with van der Waals surface area (Å²) in [5.41, 5.74) is 0. The van der Waals surface area contributed by atoms with Gasteiger partial charge in [-0.2, -0.15) is 0 Å². The van der Waals surface area contributed by atoms with Crippen molar-refractivity contribution >= 4 is 17.5 Å². The van der Waals surface area contributed by atoms with Gasteiger partial charge in [-0.25, -0.2) is 0 Å². The molecule has 4 heteroatoms. The van der Waals surface area contributed by atoms with Crippen molar-refractivity contribution in [1.82, 2.24) is 0 Å². The molecule has 0 aliphatic rings. The van der Waals surface area contributed by atoms with E-state index in [-0.39, 0.29) is 24.4 Å². The molecule has 0 N–H and O–H groups in total. The molecule has 0 saturated heterocycles. The number of methoxy groups -OCH3 is 1. The number of esters is 1. The van der Waals surface area contributed by atoms with E-state index < -0.39 is 11.9 Å². The summed E-state index contributed by atoms with van der Waals surface area (Å²) < 4.78 is 4.42. The number of carbonyl (C=O) groups is 3. The highest BCUT2D eigenvalue weighted by Gasteiger charge is 2.27. The molecule has 0 radical (unpaired) electrons. The normalized spacial score (nSPS) is 11.9.